The molecule has 2 aromatic rings. The van der Waals surface area contributed by atoms with Crippen LogP contribution >= 0.6 is 11.3 Å². The summed E-state index contributed by atoms with van der Waals surface area (Å²) in [5.74, 6) is 1.49. The molecule has 1 aliphatic carbocycles. The van der Waals surface area contributed by atoms with Gasteiger partial charge < -0.3 is 9.84 Å². The summed E-state index contributed by atoms with van der Waals surface area (Å²) < 4.78 is 5.03. The highest BCUT2D eigenvalue weighted by atomic mass is 32.1. The van der Waals surface area contributed by atoms with Crippen LogP contribution in [0.5, 0.6) is 0 Å². The zero-order valence-electron chi connectivity index (χ0n) is 10.9. The third-order valence-electron chi connectivity index (χ3n) is 3.83. The predicted octanol–water partition coefficient (Wildman–Crippen LogP) is 3.19. The van der Waals surface area contributed by atoms with Crippen molar-refractivity contribution in [1.82, 2.24) is 15.5 Å². The van der Waals surface area contributed by atoms with Crippen LogP contribution in [-0.2, 0) is 6.42 Å². The summed E-state index contributed by atoms with van der Waals surface area (Å²) in [6.45, 7) is 0.890. The molecule has 0 amide bonds. The van der Waals surface area contributed by atoms with Gasteiger partial charge in [0.2, 0.25) is 5.89 Å². The monoisotopic (exact) mass is 277 g/mol. The average molecular weight is 277 g/mol. The lowest BCUT2D eigenvalue weighted by molar-refractivity contribution is 0.348. The Morgan fingerprint density at radius 3 is 3.00 bits per heavy atom. The van der Waals surface area contributed by atoms with Crippen molar-refractivity contribution in [2.45, 2.75) is 38.1 Å². The van der Waals surface area contributed by atoms with Crippen LogP contribution in [0.1, 0.15) is 42.5 Å². The zero-order valence-corrected chi connectivity index (χ0v) is 11.7. The summed E-state index contributed by atoms with van der Waals surface area (Å²) in [5, 5.41) is 9.48. The van der Waals surface area contributed by atoms with Gasteiger partial charge in [-0.3, -0.25) is 0 Å². The minimum atomic E-state index is 0.491. The van der Waals surface area contributed by atoms with Crippen molar-refractivity contribution in [2.24, 2.45) is 5.92 Å². The summed E-state index contributed by atoms with van der Waals surface area (Å²) in [6.07, 6.45) is 7.69. The van der Waals surface area contributed by atoms with E-state index < -0.39 is 0 Å². The molecule has 1 atom stereocenters. The van der Waals surface area contributed by atoms with Gasteiger partial charge in [0.15, 0.2) is 6.33 Å². The highest BCUT2D eigenvalue weighted by Gasteiger charge is 2.26. The zero-order chi connectivity index (χ0) is 12.9. The normalized spacial score (nSPS) is 17.9. The van der Waals surface area contributed by atoms with Crippen molar-refractivity contribution in [1.29, 1.82) is 0 Å². The van der Waals surface area contributed by atoms with Crippen LogP contribution in [0.25, 0.3) is 0 Å². The van der Waals surface area contributed by atoms with Crippen LogP contribution in [0.15, 0.2) is 28.4 Å². The fourth-order valence-electron chi connectivity index (χ4n) is 2.90. The van der Waals surface area contributed by atoms with Crippen LogP contribution < -0.4 is 5.32 Å². The van der Waals surface area contributed by atoms with Gasteiger partial charge in [0.05, 0.1) is 0 Å². The first-order chi connectivity index (χ1) is 9.43. The molecule has 0 radical (unpaired) electrons. The Hall–Kier alpha value is -1.20. The molecule has 0 aliphatic heterocycles. The quantitative estimate of drug-likeness (QED) is 0.881. The van der Waals surface area contributed by atoms with Gasteiger partial charge >= 0.3 is 0 Å². The van der Waals surface area contributed by atoms with Crippen molar-refractivity contribution >= 4 is 11.3 Å². The molecule has 0 aromatic carbocycles. The summed E-state index contributed by atoms with van der Waals surface area (Å²) in [7, 11) is 0. The van der Waals surface area contributed by atoms with Gasteiger partial charge in [-0.25, -0.2) is 0 Å². The maximum atomic E-state index is 5.03. The Kier molecular flexibility index (Phi) is 4.25. The smallest absolute Gasteiger partial charge is 0.227 e. The summed E-state index contributed by atoms with van der Waals surface area (Å²) in [5.41, 5.74) is 0. The lowest BCUT2D eigenvalue weighted by atomic mass is 9.96. The number of hydrogen-bond acceptors (Lipinski definition) is 5. The summed E-state index contributed by atoms with van der Waals surface area (Å²) >= 11 is 1.85. The molecule has 1 unspecified atom stereocenters. The lowest BCUT2D eigenvalue weighted by Gasteiger charge is -2.23. The van der Waals surface area contributed by atoms with E-state index in [2.05, 4.69) is 33.0 Å². The van der Waals surface area contributed by atoms with Gasteiger partial charge in [-0.2, -0.15) is 4.98 Å². The first-order valence-electron chi connectivity index (χ1n) is 6.96. The van der Waals surface area contributed by atoms with Gasteiger partial charge in [-0.05, 0) is 30.2 Å². The van der Waals surface area contributed by atoms with Crippen molar-refractivity contribution in [3.05, 3.63) is 34.6 Å². The maximum Gasteiger partial charge on any atom is 0.227 e. The van der Waals surface area contributed by atoms with E-state index in [4.69, 9.17) is 4.52 Å². The molecule has 3 rings (SSSR count). The van der Waals surface area contributed by atoms with Crippen LogP contribution in [0.2, 0.25) is 0 Å². The van der Waals surface area contributed by atoms with Crippen molar-refractivity contribution in [2.75, 3.05) is 6.54 Å². The molecule has 2 aromatic heterocycles. The maximum absolute atomic E-state index is 5.03. The van der Waals surface area contributed by atoms with Crippen molar-refractivity contribution in [3.8, 4) is 0 Å². The molecule has 1 aliphatic rings. The van der Waals surface area contributed by atoms with E-state index in [1.165, 1.54) is 36.9 Å². The molecule has 0 saturated heterocycles. The van der Waals surface area contributed by atoms with Gasteiger partial charge in [-0.15, -0.1) is 11.3 Å². The standard InChI is InChI=1S/C14H19N3OS/c1-2-5-11(4-1)14(12-6-3-9-19-12)15-8-7-13-16-10-17-18-13/h3,6,9-11,14-15H,1-2,4-5,7-8H2. The molecule has 2 heterocycles. The molecule has 0 spiro atoms. The van der Waals surface area contributed by atoms with Gasteiger partial charge in [-0.1, -0.05) is 24.1 Å². The molecule has 4 nitrogen and oxygen atoms in total. The first-order valence-corrected chi connectivity index (χ1v) is 7.84. The number of hydrogen-bond donors (Lipinski definition) is 1. The third-order valence-corrected chi connectivity index (χ3v) is 4.79. The Balaban J connectivity index is 1.59. The van der Waals surface area contributed by atoms with Crippen LogP contribution in [-0.4, -0.2) is 16.7 Å². The van der Waals surface area contributed by atoms with E-state index in [9.17, 15) is 0 Å². The van der Waals surface area contributed by atoms with Crippen molar-refractivity contribution < 1.29 is 4.52 Å². The Morgan fingerprint density at radius 1 is 1.42 bits per heavy atom. The Bertz CT molecular complexity index is 463. The highest BCUT2D eigenvalue weighted by Crippen LogP contribution is 2.37. The minimum absolute atomic E-state index is 0.491. The number of aromatic nitrogens is 2. The first kappa shape index (κ1) is 12.8. The van der Waals surface area contributed by atoms with E-state index in [0.29, 0.717) is 11.9 Å². The predicted molar refractivity (Wildman–Crippen MR) is 75.0 cm³/mol. The fraction of sp³-hybridized carbons (Fsp3) is 0.571. The van der Waals surface area contributed by atoms with E-state index in [1.54, 1.807) is 0 Å². The van der Waals surface area contributed by atoms with Gasteiger partial charge in [0.25, 0.3) is 0 Å². The molecular weight excluding hydrogens is 258 g/mol. The second kappa shape index (κ2) is 6.30. The molecule has 1 N–H and O–H groups in total. The topological polar surface area (TPSA) is 51.0 Å². The van der Waals surface area contributed by atoms with Gasteiger partial charge in [0, 0.05) is 23.9 Å². The molecule has 1 fully saturated rings. The fourth-order valence-corrected chi connectivity index (χ4v) is 3.79. The van der Waals surface area contributed by atoms with Gasteiger partial charge in [0.1, 0.15) is 0 Å². The number of nitrogens with zero attached hydrogens (tertiary/aromatic N) is 2. The van der Waals surface area contributed by atoms with Crippen LogP contribution in [0.3, 0.4) is 0 Å². The number of thiophene rings is 1. The largest absolute Gasteiger partial charge is 0.340 e. The molecule has 102 valence electrons. The molecule has 5 heteroatoms. The average Bonchev–Trinajstić information content (AvgIpc) is 3.15. The van der Waals surface area contributed by atoms with Crippen molar-refractivity contribution in [3.63, 3.8) is 0 Å². The van der Waals surface area contributed by atoms with E-state index in [-0.39, 0.29) is 0 Å². The minimum Gasteiger partial charge on any atom is -0.340 e. The molecular formula is C14H19N3OS. The molecule has 1 saturated carbocycles. The second-order valence-electron chi connectivity index (χ2n) is 5.08. The van der Waals surface area contributed by atoms with E-state index >= 15 is 0 Å². The van der Waals surface area contributed by atoms with Crippen LogP contribution in [0, 0.1) is 5.92 Å². The number of rotatable bonds is 6. The SMILES string of the molecule is c1csc(C(NCCc2ncno2)C2CCCC2)c1. The summed E-state index contributed by atoms with van der Waals surface area (Å²) in [4.78, 5) is 5.51. The van der Waals surface area contributed by atoms with E-state index in [0.717, 1.165) is 18.9 Å². The second-order valence-corrected chi connectivity index (χ2v) is 6.06. The molecule has 19 heavy (non-hydrogen) atoms. The Morgan fingerprint density at radius 2 is 2.32 bits per heavy atom. The highest BCUT2D eigenvalue weighted by molar-refractivity contribution is 7.10. The number of nitrogens with one attached hydrogen (secondary N) is 1. The van der Waals surface area contributed by atoms with Crippen LogP contribution in [0.4, 0.5) is 0 Å². The summed E-state index contributed by atoms with van der Waals surface area (Å²) in [6, 6.07) is 4.88. The lowest BCUT2D eigenvalue weighted by Crippen LogP contribution is -2.28. The molecule has 0 bridgehead atoms. The van der Waals surface area contributed by atoms with E-state index in [1.807, 2.05) is 11.3 Å². The Labute approximate surface area is 117 Å². The third kappa shape index (κ3) is 3.22.